The molecule has 2 rings (SSSR count). The predicted octanol–water partition coefficient (Wildman–Crippen LogP) is 2.58. The summed E-state index contributed by atoms with van der Waals surface area (Å²) in [5.74, 6) is -3.65. The van der Waals surface area contributed by atoms with Gasteiger partial charge in [-0.15, -0.1) is 0 Å². The van der Waals surface area contributed by atoms with E-state index in [1.54, 1.807) is 0 Å². The van der Waals surface area contributed by atoms with Crippen molar-refractivity contribution >= 4 is 11.9 Å². The molecule has 2 unspecified atom stereocenters. The highest BCUT2D eigenvalue weighted by atomic mass is 19.1. The van der Waals surface area contributed by atoms with Crippen molar-refractivity contribution in [3.05, 3.63) is 59.4 Å². The molecule has 104 valence electrons. The number of aliphatic carboxylic acids is 2. The van der Waals surface area contributed by atoms with Gasteiger partial charge in [-0.3, -0.25) is 4.79 Å². The molecule has 0 aromatic heterocycles. The quantitative estimate of drug-likeness (QED) is 0.889. The molecule has 0 bridgehead atoms. The second-order valence-electron chi connectivity index (χ2n) is 4.86. The normalized spacial score (nSPS) is 25.1. The van der Waals surface area contributed by atoms with Gasteiger partial charge in [0.2, 0.25) is 0 Å². The second kappa shape index (κ2) is 4.92. The van der Waals surface area contributed by atoms with Crippen LogP contribution in [0, 0.1) is 11.2 Å². The maximum absolute atomic E-state index is 13.0. The van der Waals surface area contributed by atoms with Gasteiger partial charge in [0.15, 0.2) is 0 Å². The predicted molar refractivity (Wildman–Crippen MR) is 69.7 cm³/mol. The first-order valence-corrected chi connectivity index (χ1v) is 5.98. The fraction of sp³-hybridized carbons (Fsp3) is 0.200. The van der Waals surface area contributed by atoms with E-state index >= 15 is 0 Å². The zero-order valence-electron chi connectivity index (χ0n) is 10.7. The van der Waals surface area contributed by atoms with Gasteiger partial charge in [0.25, 0.3) is 0 Å². The Bertz CT molecular complexity index is 615. The Kier molecular flexibility index (Phi) is 3.44. The Morgan fingerprint density at radius 3 is 2.30 bits per heavy atom. The highest BCUT2D eigenvalue weighted by molar-refractivity contribution is 5.93. The molecule has 0 heterocycles. The van der Waals surface area contributed by atoms with Crippen LogP contribution in [0.1, 0.15) is 18.4 Å². The smallest absolute Gasteiger partial charge is 0.332 e. The Morgan fingerprint density at radius 1 is 1.20 bits per heavy atom. The number of allylic oxidation sites excluding steroid dienone is 2. The molecule has 0 amide bonds. The summed E-state index contributed by atoms with van der Waals surface area (Å²) < 4.78 is 13.0. The lowest BCUT2D eigenvalue weighted by Gasteiger charge is -2.34. The third-order valence-electron chi connectivity index (χ3n) is 3.54. The first-order valence-electron chi connectivity index (χ1n) is 5.98. The minimum atomic E-state index is -1.39. The first-order chi connectivity index (χ1) is 9.36. The standard InChI is InChI=1S/C15H13FO4/c1-15(14(19)20)8-2-3-11(13(17)18)12(15)9-4-6-10(16)7-5-9/h2-8,12H,1H3,(H,17,18)(H,19,20). The van der Waals surface area contributed by atoms with E-state index in [4.69, 9.17) is 0 Å². The average molecular weight is 276 g/mol. The van der Waals surface area contributed by atoms with Crippen molar-refractivity contribution < 1.29 is 24.2 Å². The maximum atomic E-state index is 13.0. The Morgan fingerprint density at radius 2 is 1.80 bits per heavy atom. The van der Waals surface area contributed by atoms with Gasteiger partial charge in [0.1, 0.15) is 5.82 Å². The second-order valence-corrected chi connectivity index (χ2v) is 4.86. The number of carboxylic acid groups (broad SMARTS) is 2. The first kappa shape index (κ1) is 14.0. The lowest BCUT2D eigenvalue weighted by atomic mass is 9.67. The molecule has 2 N–H and O–H groups in total. The van der Waals surface area contributed by atoms with Crippen molar-refractivity contribution in [1.82, 2.24) is 0 Å². The Balaban J connectivity index is 2.60. The van der Waals surface area contributed by atoms with Gasteiger partial charge < -0.3 is 10.2 Å². The molecule has 0 aliphatic heterocycles. The van der Waals surface area contributed by atoms with Crippen molar-refractivity contribution in [3.63, 3.8) is 0 Å². The number of benzene rings is 1. The summed E-state index contributed by atoms with van der Waals surface area (Å²) in [6.45, 7) is 1.45. The van der Waals surface area contributed by atoms with Crippen LogP contribution in [-0.2, 0) is 9.59 Å². The molecule has 0 radical (unpaired) electrons. The average Bonchev–Trinajstić information content (AvgIpc) is 2.39. The molecular weight excluding hydrogens is 263 g/mol. The number of rotatable bonds is 3. The molecule has 5 heteroatoms. The van der Waals surface area contributed by atoms with Gasteiger partial charge in [-0.2, -0.15) is 0 Å². The van der Waals surface area contributed by atoms with Gasteiger partial charge in [0, 0.05) is 11.5 Å². The molecule has 0 spiro atoms. The SMILES string of the molecule is CC1(C(=O)O)C=CC=C(C(=O)O)C1c1ccc(F)cc1. The van der Waals surface area contributed by atoms with E-state index in [0.717, 1.165) is 0 Å². The van der Waals surface area contributed by atoms with Gasteiger partial charge in [-0.1, -0.05) is 30.4 Å². The van der Waals surface area contributed by atoms with E-state index in [1.807, 2.05) is 0 Å². The molecule has 0 saturated heterocycles. The Hall–Kier alpha value is -2.43. The molecular formula is C15H13FO4. The lowest BCUT2D eigenvalue weighted by molar-refractivity contribution is -0.146. The van der Waals surface area contributed by atoms with Crippen LogP contribution in [0.4, 0.5) is 4.39 Å². The van der Waals surface area contributed by atoms with Gasteiger partial charge >= 0.3 is 11.9 Å². The van der Waals surface area contributed by atoms with Crippen molar-refractivity contribution in [3.8, 4) is 0 Å². The molecule has 1 aliphatic rings. The summed E-state index contributed by atoms with van der Waals surface area (Å²) in [6.07, 6.45) is 4.26. The minimum absolute atomic E-state index is 0.0241. The fourth-order valence-corrected chi connectivity index (χ4v) is 2.44. The van der Waals surface area contributed by atoms with E-state index in [-0.39, 0.29) is 5.57 Å². The summed E-state index contributed by atoms with van der Waals surface area (Å²) in [7, 11) is 0. The highest BCUT2D eigenvalue weighted by Crippen LogP contribution is 2.45. The monoisotopic (exact) mass is 276 g/mol. The lowest BCUT2D eigenvalue weighted by Crippen LogP contribution is -2.36. The fourth-order valence-electron chi connectivity index (χ4n) is 2.44. The van der Waals surface area contributed by atoms with Crippen molar-refractivity contribution in [2.24, 2.45) is 5.41 Å². The molecule has 1 aromatic carbocycles. The van der Waals surface area contributed by atoms with E-state index in [2.05, 4.69) is 0 Å². The summed E-state index contributed by atoms with van der Waals surface area (Å²) >= 11 is 0. The van der Waals surface area contributed by atoms with E-state index < -0.39 is 29.1 Å². The van der Waals surface area contributed by atoms with Crippen molar-refractivity contribution in [1.29, 1.82) is 0 Å². The minimum Gasteiger partial charge on any atom is -0.481 e. The molecule has 1 aliphatic carbocycles. The molecule has 0 saturated carbocycles. The van der Waals surface area contributed by atoms with Gasteiger partial charge in [-0.05, 0) is 24.6 Å². The molecule has 20 heavy (non-hydrogen) atoms. The zero-order valence-corrected chi connectivity index (χ0v) is 10.7. The van der Waals surface area contributed by atoms with Crippen LogP contribution in [0.3, 0.4) is 0 Å². The maximum Gasteiger partial charge on any atom is 0.332 e. The summed E-state index contributed by atoms with van der Waals surface area (Å²) in [5, 5.41) is 18.7. The zero-order chi connectivity index (χ0) is 14.9. The number of halogens is 1. The van der Waals surface area contributed by atoms with Crippen LogP contribution in [0.5, 0.6) is 0 Å². The number of hydrogen-bond donors (Lipinski definition) is 2. The van der Waals surface area contributed by atoms with Gasteiger partial charge in [-0.25, -0.2) is 9.18 Å². The summed E-state index contributed by atoms with van der Waals surface area (Å²) in [6, 6.07) is 5.21. The molecule has 4 nitrogen and oxygen atoms in total. The van der Waals surface area contributed by atoms with Gasteiger partial charge in [0.05, 0.1) is 5.41 Å². The number of carboxylic acids is 2. The third kappa shape index (κ3) is 2.22. The van der Waals surface area contributed by atoms with Crippen molar-refractivity contribution in [2.75, 3.05) is 0 Å². The van der Waals surface area contributed by atoms with Crippen LogP contribution in [-0.4, -0.2) is 22.2 Å². The van der Waals surface area contributed by atoms with Crippen LogP contribution in [0.25, 0.3) is 0 Å². The topological polar surface area (TPSA) is 74.6 Å². The third-order valence-corrected chi connectivity index (χ3v) is 3.54. The largest absolute Gasteiger partial charge is 0.481 e. The Labute approximate surface area is 114 Å². The van der Waals surface area contributed by atoms with E-state index in [0.29, 0.717) is 5.56 Å². The highest BCUT2D eigenvalue weighted by Gasteiger charge is 2.45. The molecule has 0 fully saturated rings. The number of hydrogen-bond acceptors (Lipinski definition) is 2. The van der Waals surface area contributed by atoms with Crippen LogP contribution >= 0.6 is 0 Å². The van der Waals surface area contributed by atoms with Crippen LogP contribution < -0.4 is 0 Å². The van der Waals surface area contributed by atoms with E-state index in [1.165, 1.54) is 49.4 Å². The summed E-state index contributed by atoms with van der Waals surface area (Å²) in [5.41, 5.74) is -0.960. The summed E-state index contributed by atoms with van der Waals surface area (Å²) in [4.78, 5) is 22.9. The van der Waals surface area contributed by atoms with Crippen LogP contribution in [0.15, 0.2) is 48.1 Å². The number of carbonyl (C=O) groups is 2. The van der Waals surface area contributed by atoms with Crippen molar-refractivity contribution in [2.45, 2.75) is 12.8 Å². The van der Waals surface area contributed by atoms with E-state index in [9.17, 15) is 24.2 Å². The molecule has 2 atom stereocenters. The molecule has 1 aromatic rings. The van der Waals surface area contributed by atoms with Crippen LogP contribution in [0.2, 0.25) is 0 Å².